The van der Waals surface area contributed by atoms with Crippen molar-refractivity contribution in [1.82, 2.24) is 34.5 Å². The molecule has 8 nitrogen and oxygen atoms in total. The van der Waals surface area contributed by atoms with E-state index < -0.39 is 0 Å². The largest absolute Gasteiger partial charge is 0.368 e. The number of anilines is 1. The van der Waals surface area contributed by atoms with Gasteiger partial charge in [-0.25, -0.2) is 15.0 Å². The SMILES string of the molecule is Cc1cnn(-c2ccccc2-c2nc3cc(-c4cnc(N)nc4)ccc3n2C(C)(C)C)n1. The van der Waals surface area contributed by atoms with Gasteiger partial charge in [-0.2, -0.15) is 15.0 Å². The highest BCUT2D eigenvalue weighted by molar-refractivity contribution is 5.86. The van der Waals surface area contributed by atoms with E-state index in [2.05, 4.69) is 69.8 Å². The lowest BCUT2D eigenvalue weighted by Gasteiger charge is -2.25. The third kappa shape index (κ3) is 3.39. The van der Waals surface area contributed by atoms with Gasteiger partial charge in [-0.15, -0.1) is 0 Å². The average Bonchev–Trinajstić information content (AvgIpc) is 3.37. The highest BCUT2D eigenvalue weighted by Gasteiger charge is 2.24. The van der Waals surface area contributed by atoms with E-state index in [0.717, 1.165) is 44.9 Å². The lowest BCUT2D eigenvalue weighted by atomic mass is 10.1. The minimum absolute atomic E-state index is 0.198. The summed E-state index contributed by atoms with van der Waals surface area (Å²) in [5, 5.41) is 8.94. The molecule has 0 aliphatic rings. The van der Waals surface area contributed by atoms with E-state index >= 15 is 0 Å². The molecule has 0 spiro atoms. The topological polar surface area (TPSA) is 100 Å². The average molecular weight is 425 g/mol. The number of nitrogen functional groups attached to an aromatic ring is 1. The molecule has 0 fully saturated rings. The first-order chi connectivity index (χ1) is 15.3. The third-order valence-electron chi connectivity index (χ3n) is 5.30. The van der Waals surface area contributed by atoms with Crippen molar-refractivity contribution in [2.75, 3.05) is 5.73 Å². The van der Waals surface area contributed by atoms with Crippen molar-refractivity contribution in [3.63, 3.8) is 0 Å². The Labute approximate surface area is 185 Å². The smallest absolute Gasteiger partial charge is 0.219 e. The summed E-state index contributed by atoms with van der Waals surface area (Å²) in [6.45, 7) is 8.47. The van der Waals surface area contributed by atoms with Crippen molar-refractivity contribution in [2.45, 2.75) is 33.2 Å². The fourth-order valence-corrected chi connectivity index (χ4v) is 3.90. The van der Waals surface area contributed by atoms with Gasteiger partial charge in [-0.1, -0.05) is 18.2 Å². The zero-order valence-corrected chi connectivity index (χ0v) is 18.5. The van der Waals surface area contributed by atoms with Crippen molar-refractivity contribution in [2.24, 2.45) is 0 Å². The van der Waals surface area contributed by atoms with Crippen LogP contribution in [-0.4, -0.2) is 34.5 Å². The van der Waals surface area contributed by atoms with Crippen LogP contribution in [0.15, 0.2) is 61.1 Å². The standard InChI is InChI=1S/C24H24N8/c1-15-12-28-32(30-15)20-8-6-5-7-18(20)22-29-19-11-16(17-13-26-23(25)27-14-17)9-10-21(19)31(22)24(2,3)4/h5-14H,1-4H3,(H2,25,26,27). The van der Waals surface area contributed by atoms with Crippen molar-refractivity contribution >= 4 is 17.0 Å². The molecule has 3 aromatic heterocycles. The number of fused-ring (bicyclic) bond motifs is 1. The van der Waals surface area contributed by atoms with Gasteiger partial charge in [0.15, 0.2) is 0 Å². The second-order valence-corrected chi connectivity index (χ2v) is 8.77. The van der Waals surface area contributed by atoms with Crippen LogP contribution in [0.2, 0.25) is 0 Å². The van der Waals surface area contributed by atoms with Crippen LogP contribution in [0.25, 0.3) is 39.2 Å². The molecule has 0 atom stereocenters. The van der Waals surface area contributed by atoms with E-state index in [-0.39, 0.29) is 11.5 Å². The van der Waals surface area contributed by atoms with E-state index in [1.165, 1.54) is 0 Å². The molecule has 3 heterocycles. The van der Waals surface area contributed by atoms with Gasteiger partial charge in [0.2, 0.25) is 5.95 Å². The molecule has 8 heteroatoms. The number of rotatable bonds is 3. The zero-order valence-electron chi connectivity index (χ0n) is 18.5. The van der Waals surface area contributed by atoms with Crippen molar-refractivity contribution in [3.8, 4) is 28.2 Å². The predicted octanol–water partition coefficient (Wildman–Crippen LogP) is 4.39. The Morgan fingerprint density at radius 1 is 0.906 bits per heavy atom. The van der Waals surface area contributed by atoms with E-state index in [9.17, 15) is 0 Å². The van der Waals surface area contributed by atoms with Crippen molar-refractivity contribution in [1.29, 1.82) is 0 Å². The van der Waals surface area contributed by atoms with Crippen LogP contribution in [0.1, 0.15) is 26.5 Å². The summed E-state index contributed by atoms with van der Waals surface area (Å²) in [7, 11) is 0. The van der Waals surface area contributed by atoms with E-state index in [1.807, 2.05) is 25.1 Å². The monoisotopic (exact) mass is 424 g/mol. The van der Waals surface area contributed by atoms with Crippen LogP contribution < -0.4 is 5.73 Å². The van der Waals surface area contributed by atoms with Crippen molar-refractivity contribution in [3.05, 3.63) is 66.7 Å². The molecule has 0 bridgehead atoms. The number of imidazole rings is 1. The van der Waals surface area contributed by atoms with E-state index in [1.54, 1.807) is 23.4 Å². The van der Waals surface area contributed by atoms with Gasteiger partial charge < -0.3 is 10.3 Å². The van der Waals surface area contributed by atoms with Crippen LogP contribution in [0.4, 0.5) is 5.95 Å². The normalized spacial score (nSPS) is 11.9. The number of aromatic nitrogens is 7. The van der Waals surface area contributed by atoms with E-state index in [4.69, 9.17) is 10.7 Å². The molecule has 0 saturated heterocycles. The first-order valence-corrected chi connectivity index (χ1v) is 10.4. The first kappa shape index (κ1) is 19.9. The Balaban J connectivity index is 1.74. The Bertz CT molecular complexity index is 1420. The number of aryl methyl sites for hydroxylation is 1. The minimum Gasteiger partial charge on any atom is -0.368 e. The zero-order chi connectivity index (χ0) is 22.5. The predicted molar refractivity (Wildman–Crippen MR) is 125 cm³/mol. The number of para-hydroxylation sites is 1. The molecule has 5 rings (SSSR count). The molecule has 160 valence electrons. The van der Waals surface area contributed by atoms with Gasteiger partial charge in [0.25, 0.3) is 0 Å². The second-order valence-electron chi connectivity index (χ2n) is 8.77. The maximum Gasteiger partial charge on any atom is 0.219 e. The summed E-state index contributed by atoms with van der Waals surface area (Å²) in [6.07, 6.45) is 5.21. The number of nitrogens with zero attached hydrogens (tertiary/aromatic N) is 7. The molecular weight excluding hydrogens is 400 g/mol. The summed E-state index contributed by atoms with van der Waals surface area (Å²) in [4.78, 5) is 15.0. The Morgan fingerprint density at radius 2 is 1.66 bits per heavy atom. The molecule has 0 aliphatic heterocycles. The second kappa shape index (κ2) is 7.26. The maximum absolute atomic E-state index is 5.64. The minimum atomic E-state index is -0.198. The van der Waals surface area contributed by atoms with Gasteiger partial charge >= 0.3 is 0 Å². The van der Waals surface area contributed by atoms with E-state index in [0.29, 0.717) is 0 Å². The summed E-state index contributed by atoms with van der Waals surface area (Å²) >= 11 is 0. The summed E-state index contributed by atoms with van der Waals surface area (Å²) in [5.74, 6) is 1.12. The van der Waals surface area contributed by atoms with Crippen LogP contribution in [0, 0.1) is 6.92 Å². The molecule has 5 aromatic rings. The third-order valence-corrected chi connectivity index (χ3v) is 5.30. The molecule has 0 aliphatic carbocycles. The summed E-state index contributed by atoms with van der Waals surface area (Å²) < 4.78 is 2.26. The molecule has 2 N–H and O–H groups in total. The highest BCUT2D eigenvalue weighted by atomic mass is 15.5. The summed E-state index contributed by atoms with van der Waals surface area (Å²) in [6, 6.07) is 14.3. The Morgan fingerprint density at radius 3 is 2.34 bits per heavy atom. The van der Waals surface area contributed by atoms with Gasteiger partial charge in [-0.05, 0) is 57.5 Å². The molecule has 0 unspecified atom stereocenters. The maximum atomic E-state index is 5.64. The summed E-state index contributed by atoms with van der Waals surface area (Å²) in [5.41, 5.74) is 12.0. The fraction of sp³-hybridized carbons (Fsp3) is 0.208. The van der Waals surface area contributed by atoms with Crippen LogP contribution in [-0.2, 0) is 5.54 Å². The van der Waals surface area contributed by atoms with Gasteiger partial charge in [0.1, 0.15) is 5.82 Å². The van der Waals surface area contributed by atoms with Crippen LogP contribution in [0.3, 0.4) is 0 Å². The van der Waals surface area contributed by atoms with Crippen LogP contribution in [0.5, 0.6) is 0 Å². The number of benzene rings is 2. The molecule has 0 saturated carbocycles. The van der Waals surface area contributed by atoms with Crippen LogP contribution >= 0.6 is 0 Å². The van der Waals surface area contributed by atoms with Gasteiger partial charge in [-0.3, -0.25) is 0 Å². The number of nitrogens with two attached hydrogens (primary N) is 1. The molecular formula is C24H24N8. The number of hydrogen-bond acceptors (Lipinski definition) is 6. The molecule has 32 heavy (non-hydrogen) atoms. The van der Waals surface area contributed by atoms with Crippen molar-refractivity contribution < 1.29 is 0 Å². The van der Waals surface area contributed by atoms with Gasteiger partial charge in [0, 0.05) is 29.1 Å². The quantitative estimate of drug-likeness (QED) is 0.461. The number of hydrogen-bond donors (Lipinski definition) is 1. The van der Waals surface area contributed by atoms with Gasteiger partial charge in [0.05, 0.1) is 28.6 Å². The molecule has 2 aromatic carbocycles. The molecule has 0 radical (unpaired) electrons. The lowest BCUT2D eigenvalue weighted by Crippen LogP contribution is -2.23. The first-order valence-electron chi connectivity index (χ1n) is 10.4. The Hall–Kier alpha value is -4.07. The molecule has 0 amide bonds. The Kier molecular flexibility index (Phi) is 4.51. The lowest BCUT2D eigenvalue weighted by molar-refractivity contribution is 0.413. The highest BCUT2D eigenvalue weighted by Crippen LogP contribution is 2.35. The fourth-order valence-electron chi connectivity index (χ4n) is 3.90.